The van der Waals surface area contributed by atoms with E-state index in [2.05, 4.69) is 10.0 Å². The number of likely N-dealkylation sites (N-methyl/N-ethyl adjacent to an activating group) is 1. The second-order valence-electron chi connectivity index (χ2n) is 5.89. The van der Waals surface area contributed by atoms with Gasteiger partial charge in [0.2, 0.25) is 20.0 Å². The third-order valence-corrected chi connectivity index (χ3v) is 7.57. The molecule has 0 unspecified atom stereocenters. The normalized spacial score (nSPS) is 16.4. The lowest BCUT2D eigenvalue weighted by molar-refractivity contribution is 0.346. The maximum atomic E-state index is 12.8. The van der Waals surface area contributed by atoms with Crippen molar-refractivity contribution in [3.8, 4) is 0 Å². The minimum atomic E-state index is -3.74. The van der Waals surface area contributed by atoms with Crippen molar-refractivity contribution in [2.75, 3.05) is 33.2 Å². The number of hydrogen-bond donors (Lipinski definition) is 2. The first-order valence-corrected chi connectivity index (χ1v) is 11.0. The largest absolute Gasteiger partial charge is 0.318 e. The number of halogens is 1. The molecule has 1 aliphatic heterocycles. The molecule has 7 nitrogen and oxygen atoms in total. The zero-order valence-electron chi connectivity index (χ0n) is 14.5. The molecule has 10 heteroatoms. The molecule has 0 aromatic heterocycles. The van der Waals surface area contributed by atoms with Crippen molar-refractivity contribution >= 4 is 32.5 Å². The van der Waals surface area contributed by atoms with Crippen LogP contribution in [-0.2, 0) is 20.0 Å². The van der Waals surface area contributed by atoms with Gasteiger partial charge in [-0.25, -0.2) is 21.6 Å². The van der Waals surface area contributed by atoms with Gasteiger partial charge in [-0.05, 0) is 44.5 Å². The fraction of sp³-hybridized carbons (Fsp3) is 0.600. The Kier molecular flexibility index (Phi) is 8.30. The standard InChI is InChI=1S/C15H25N3O4S2.ClH/c1-13-6-7-14(23(19,20)17-9-8-16-2)12-15(13)24(21,22)18-10-4-3-5-11-18;/h6-7,12,16-17H,3-5,8-11H2,1-2H3;1H. The first-order valence-electron chi connectivity index (χ1n) is 8.04. The van der Waals surface area contributed by atoms with E-state index in [9.17, 15) is 16.8 Å². The summed E-state index contributed by atoms with van der Waals surface area (Å²) in [6.07, 6.45) is 2.69. The summed E-state index contributed by atoms with van der Waals surface area (Å²) in [7, 11) is -5.68. The molecule has 0 radical (unpaired) electrons. The van der Waals surface area contributed by atoms with Crippen LogP contribution in [0.2, 0.25) is 0 Å². The van der Waals surface area contributed by atoms with Gasteiger partial charge in [-0.15, -0.1) is 12.4 Å². The van der Waals surface area contributed by atoms with Crippen molar-refractivity contribution in [1.29, 1.82) is 0 Å². The number of aryl methyl sites for hydroxylation is 1. The number of nitrogens with zero attached hydrogens (tertiary/aromatic N) is 1. The molecule has 25 heavy (non-hydrogen) atoms. The highest BCUT2D eigenvalue weighted by Crippen LogP contribution is 2.25. The fourth-order valence-corrected chi connectivity index (χ4v) is 5.56. The summed E-state index contributed by atoms with van der Waals surface area (Å²) in [4.78, 5) is 0.0423. The monoisotopic (exact) mass is 411 g/mol. The smallest absolute Gasteiger partial charge is 0.243 e. The Hall–Kier alpha value is -0.710. The van der Waals surface area contributed by atoms with Crippen LogP contribution in [0.4, 0.5) is 0 Å². The quantitative estimate of drug-likeness (QED) is 0.655. The maximum Gasteiger partial charge on any atom is 0.243 e. The molecule has 144 valence electrons. The molecule has 0 atom stereocenters. The van der Waals surface area contributed by atoms with Crippen LogP contribution in [0, 0.1) is 6.92 Å². The van der Waals surface area contributed by atoms with Crippen LogP contribution in [-0.4, -0.2) is 54.4 Å². The van der Waals surface area contributed by atoms with E-state index in [-0.39, 0.29) is 28.7 Å². The Morgan fingerprint density at radius 2 is 1.68 bits per heavy atom. The third-order valence-electron chi connectivity index (χ3n) is 4.07. The Morgan fingerprint density at radius 1 is 1.04 bits per heavy atom. The third kappa shape index (κ3) is 5.38. The Morgan fingerprint density at radius 3 is 2.28 bits per heavy atom. The summed E-state index contributed by atoms with van der Waals surface area (Å²) in [5.74, 6) is 0. The lowest BCUT2D eigenvalue weighted by Crippen LogP contribution is -2.36. The molecule has 0 amide bonds. The van der Waals surface area contributed by atoms with Gasteiger partial charge < -0.3 is 5.32 Å². The van der Waals surface area contributed by atoms with E-state index in [0.29, 0.717) is 25.2 Å². The molecule has 1 aromatic carbocycles. The maximum absolute atomic E-state index is 12.8. The van der Waals surface area contributed by atoms with Gasteiger partial charge in [-0.3, -0.25) is 0 Å². The number of rotatable bonds is 7. The van der Waals surface area contributed by atoms with Crippen LogP contribution < -0.4 is 10.0 Å². The molecule has 0 aliphatic carbocycles. The van der Waals surface area contributed by atoms with E-state index in [1.165, 1.54) is 16.4 Å². The van der Waals surface area contributed by atoms with Crippen LogP contribution in [0.1, 0.15) is 24.8 Å². The van der Waals surface area contributed by atoms with Gasteiger partial charge in [-0.2, -0.15) is 4.31 Å². The molecular weight excluding hydrogens is 386 g/mol. The van der Waals surface area contributed by atoms with Crippen molar-refractivity contribution in [3.63, 3.8) is 0 Å². The van der Waals surface area contributed by atoms with Crippen molar-refractivity contribution < 1.29 is 16.8 Å². The molecule has 0 saturated carbocycles. The van der Waals surface area contributed by atoms with Gasteiger partial charge in [0.1, 0.15) is 0 Å². The van der Waals surface area contributed by atoms with Gasteiger partial charge in [-0.1, -0.05) is 12.5 Å². The van der Waals surface area contributed by atoms with E-state index >= 15 is 0 Å². The Balaban J connectivity index is 0.00000312. The van der Waals surface area contributed by atoms with Gasteiger partial charge in [0.15, 0.2) is 0 Å². The Bertz CT molecular complexity index is 776. The molecular formula is C15H26ClN3O4S2. The highest BCUT2D eigenvalue weighted by Gasteiger charge is 2.28. The predicted octanol–water partition coefficient (Wildman–Crippen LogP) is 1.09. The minimum Gasteiger partial charge on any atom is -0.318 e. The summed E-state index contributed by atoms with van der Waals surface area (Å²) in [5, 5.41) is 2.85. The zero-order valence-corrected chi connectivity index (χ0v) is 16.9. The molecule has 1 heterocycles. The molecule has 1 aliphatic rings. The Labute approximate surface area is 156 Å². The van der Waals surface area contributed by atoms with Crippen LogP contribution in [0.5, 0.6) is 0 Å². The molecule has 1 aromatic rings. The van der Waals surface area contributed by atoms with Crippen molar-refractivity contribution in [1.82, 2.24) is 14.3 Å². The van der Waals surface area contributed by atoms with E-state index in [1.54, 1.807) is 20.0 Å². The summed E-state index contributed by atoms with van der Waals surface area (Å²) >= 11 is 0. The van der Waals surface area contributed by atoms with E-state index in [4.69, 9.17) is 0 Å². The second kappa shape index (κ2) is 9.29. The van der Waals surface area contributed by atoms with Crippen LogP contribution in [0.25, 0.3) is 0 Å². The molecule has 2 N–H and O–H groups in total. The van der Waals surface area contributed by atoms with Gasteiger partial charge in [0.25, 0.3) is 0 Å². The predicted molar refractivity (Wildman–Crippen MR) is 100 cm³/mol. The number of hydrogen-bond acceptors (Lipinski definition) is 5. The average molecular weight is 412 g/mol. The number of benzene rings is 1. The topological polar surface area (TPSA) is 95.6 Å². The lowest BCUT2D eigenvalue weighted by atomic mass is 10.2. The van der Waals surface area contributed by atoms with Crippen LogP contribution >= 0.6 is 12.4 Å². The number of nitrogens with one attached hydrogen (secondary N) is 2. The first-order chi connectivity index (χ1) is 11.3. The number of sulfonamides is 2. The van der Waals surface area contributed by atoms with Gasteiger partial charge in [0.05, 0.1) is 9.79 Å². The molecule has 0 spiro atoms. The first kappa shape index (κ1) is 22.3. The molecule has 2 rings (SSSR count). The van der Waals surface area contributed by atoms with Gasteiger partial charge in [0, 0.05) is 26.2 Å². The van der Waals surface area contributed by atoms with Crippen molar-refractivity contribution in [2.24, 2.45) is 0 Å². The molecule has 1 saturated heterocycles. The molecule has 1 fully saturated rings. The van der Waals surface area contributed by atoms with Crippen molar-refractivity contribution in [3.05, 3.63) is 23.8 Å². The minimum absolute atomic E-state index is 0. The van der Waals surface area contributed by atoms with E-state index < -0.39 is 20.0 Å². The highest BCUT2D eigenvalue weighted by atomic mass is 35.5. The summed E-state index contributed by atoms with van der Waals surface area (Å²) in [6, 6.07) is 4.25. The van der Waals surface area contributed by atoms with Gasteiger partial charge >= 0.3 is 0 Å². The summed E-state index contributed by atoms with van der Waals surface area (Å²) in [6.45, 7) is 3.38. The summed E-state index contributed by atoms with van der Waals surface area (Å²) < 4.78 is 54.3. The van der Waals surface area contributed by atoms with Crippen LogP contribution in [0.3, 0.4) is 0 Å². The van der Waals surface area contributed by atoms with Crippen LogP contribution in [0.15, 0.2) is 28.0 Å². The fourth-order valence-electron chi connectivity index (χ4n) is 2.66. The van der Waals surface area contributed by atoms with Crippen molar-refractivity contribution in [2.45, 2.75) is 36.0 Å². The van der Waals surface area contributed by atoms with E-state index in [0.717, 1.165) is 19.3 Å². The highest BCUT2D eigenvalue weighted by molar-refractivity contribution is 7.90. The SMILES string of the molecule is CNCCNS(=O)(=O)c1ccc(C)c(S(=O)(=O)N2CCCCC2)c1.Cl. The zero-order chi connectivity index (χ0) is 17.8. The number of piperidine rings is 1. The lowest BCUT2D eigenvalue weighted by Gasteiger charge is -2.26. The molecule has 0 bridgehead atoms. The average Bonchev–Trinajstić information content (AvgIpc) is 2.56. The summed E-state index contributed by atoms with van der Waals surface area (Å²) in [5.41, 5.74) is 0.551. The second-order valence-corrected chi connectivity index (χ2v) is 9.57. The van der Waals surface area contributed by atoms with E-state index in [1.807, 2.05) is 0 Å².